The number of aliphatic carboxylic acids is 1. The van der Waals surface area contributed by atoms with Crippen LogP contribution in [0.1, 0.15) is 10.4 Å². The molecule has 0 aromatic heterocycles. The molecule has 0 aliphatic carbocycles. The van der Waals surface area contributed by atoms with Crippen LogP contribution >= 0.6 is 0 Å². The van der Waals surface area contributed by atoms with Gasteiger partial charge in [-0.2, -0.15) is 0 Å². The standard InChI is InChI=1S/C16H15NO5/c1-21-14-5-3-2-4-13(14)16(20)17-11-6-8-12(9-7-11)22-10-15(18)19/h2-9H,10H2,1H3,(H,17,20)(H,18,19). The van der Waals surface area contributed by atoms with Crippen molar-refractivity contribution in [2.75, 3.05) is 19.0 Å². The SMILES string of the molecule is COc1ccccc1C(=O)Nc1ccc(OCC(=O)O)cc1. The van der Waals surface area contributed by atoms with Gasteiger partial charge in [-0.05, 0) is 36.4 Å². The smallest absolute Gasteiger partial charge is 0.341 e. The summed E-state index contributed by atoms with van der Waals surface area (Å²) in [5.41, 5.74) is 0.995. The van der Waals surface area contributed by atoms with Gasteiger partial charge in [0.25, 0.3) is 5.91 Å². The average molecular weight is 301 g/mol. The first kappa shape index (κ1) is 15.4. The van der Waals surface area contributed by atoms with Gasteiger partial charge in [0, 0.05) is 5.69 Å². The van der Waals surface area contributed by atoms with Gasteiger partial charge in [0.1, 0.15) is 11.5 Å². The summed E-state index contributed by atoms with van der Waals surface area (Å²) >= 11 is 0. The third-order valence-corrected chi connectivity index (χ3v) is 2.83. The molecule has 0 heterocycles. The van der Waals surface area contributed by atoms with E-state index >= 15 is 0 Å². The molecule has 1 amide bonds. The molecule has 22 heavy (non-hydrogen) atoms. The van der Waals surface area contributed by atoms with E-state index < -0.39 is 12.6 Å². The van der Waals surface area contributed by atoms with Crippen molar-refractivity contribution in [3.05, 3.63) is 54.1 Å². The highest BCUT2D eigenvalue weighted by Gasteiger charge is 2.11. The van der Waals surface area contributed by atoms with Crippen molar-refractivity contribution in [2.24, 2.45) is 0 Å². The van der Waals surface area contributed by atoms with Gasteiger partial charge in [-0.25, -0.2) is 4.79 Å². The molecule has 0 spiro atoms. The van der Waals surface area contributed by atoms with Crippen molar-refractivity contribution < 1.29 is 24.2 Å². The molecule has 0 aliphatic heterocycles. The fraction of sp³-hybridized carbons (Fsp3) is 0.125. The van der Waals surface area contributed by atoms with Gasteiger partial charge in [-0.15, -0.1) is 0 Å². The fourth-order valence-corrected chi connectivity index (χ4v) is 1.81. The zero-order chi connectivity index (χ0) is 15.9. The lowest BCUT2D eigenvalue weighted by Gasteiger charge is -2.09. The summed E-state index contributed by atoms with van der Waals surface area (Å²) < 4.78 is 10.2. The molecule has 114 valence electrons. The summed E-state index contributed by atoms with van der Waals surface area (Å²) in [4.78, 5) is 22.6. The molecule has 0 fully saturated rings. The van der Waals surface area contributed by atoms with Gasteiger partial charge in [0.05, 0.1) is 12.7 Å². The summed E-state index contributed by atoms with van der Waals surface area (Å²) in [6.45, 7) is -0.410. The van der Waals surface area contributed by atoms with E-state index in [-0.39, 0.29) is 5.91 Å². The highest BCUT2D eigenvalue weighted by molar-refractivity contribution is 6.06. The fourth-order valence-electron chi connectivity index (χ4n) is 1.81. The molecule has 6 heteroatoms. The molecule has 0 unspecified atom stereocenters. The number of para-hydroxylation sites is 1. The maximum atomic E-state index is 12.2. The number of methoxy groups -OCH3 is 1. The van der Waals surface area contributed by atoms with Crippen LogP contribution in [0.25, 0.3) is 0 Å². The maximum absolute atomic E-state index is 12.2. The van der Waals surface area contributed by atoms with Gasteiger partial charge in [0.2, 0.25) is 0 Å². The van der Waals surface area contributed by atoms with Gasteiger partial charge in [-0.3, -0.25) is 4.79 Å². The van der Waals surface area contributed by atoms with Gasteiger partial charge in [0.15, 0.2) is 6.61 Å². The molecular weight excluding hydrogens is 286 g/mol. The number of carbonyl (C=O) groups excluding carboxylic acids is 1. The van der Waals surface area contributed by atoms with Crippen LogP contribution < -0.4 is 14.8 Å². The number of carbonyl (C=O) groups is 2. The van der Waals surface area contributed by atoms with Crippen LogP contribution in [0.3, 0.4) is 0 Å². The molecule has 2 aromatic carbocycles. The van der Waals surface area contributed by atoms with E-state index in [0.717, 1.165) is 0 Å². The third kappa shape index (κ3) is 3.99. The second-order valence-electron chi connectivity index (χ2n) is 4.36. The number of amides is 1. The Morgan fingerprint density at radius 1 is 1.09 bits per heavy atom. The molecule has 2 N–H and O–H groups in total. The van der Waals surface area contributed by atoms with Gasteiger partial charge in [-0.1, -0.05) is 12.1 Å². The van der Waals surface area contributed by atoms with Crippen LogP contribution in [0.5, 0.6) is 11.5 Å². The van der Waals surface area contributed by atoms with E-state index in [1.54, 1.807) is 48.5 Å². The van der Waals surface area contributed by atoms with E-state index in [1.807, 2.05) is 0 Å². The Morgan fingerprint density at radius 3 is 2.41 bits per heavy atom. The summed E-state index contributed by atoms with van der Waals surface area (Å²) in [6.07, 6.45) is 0. The molecule has 6 nitrogen and oxygen atoms in total. The molecule has 0 saturated heterocycles. The Labute approximate surface area is 127 Å². The first-order chi connectivity index (χ1) is 10.6. The van der Waals surface area contributed by atoms with Crippen molar-refractivity contribution >= 4 is 17.6 Å². The summed E-state index contributed by atoms with van der Waals surface area (Å²) in [5, 5.41) is 11.3. The second-order valence-corrected chi connectivity index (χ2v) is 4.36. The van der Waals surface area contributed by atoms with Crippen LogP contribution in [-0.2, 0) is 4.79 Å². The molecule has 2 rings (SSSR count). The van der Waals surface area contributed by atoms with E-state index in [4.69, 9.17) is 14.6 Å². The van der Waals surface area contributed by atoms with Crippen LogP contribution in [0.15, 0.2) is 48.5 Å². The lowest BCUT2D eigenvalue weighted by atomic mass is 10.2. The Bertz CT molecular complexity index is 666. The third-order valence-electron chi connectivity index (χ3n) is 2.83. The lowest BCUT2D eigenvalue weighted by Crippen LogP contribution is -2.13. The first-order valence-electron chi connectivity index (χ1n) is 6.49. The van der Waals surface area contributed by atoms with E-state index in [2.05, 4.69) is 5.32 Å². The van der Waals surface area contributed by atoms with Crippen LogP contribution in [0, 0.1) is 0 Å². The minimum absolute atomic E-state index is 0.295. The minimum Gasteiger partial charge on any atom is -0.496 e. The molecular formula is C16H15NO5. The quantitative estimate of drug-likeness (QED) is 0.856. The summed E-state index contributed by atoms with van der Waals surface area (Å²) in [7, 11) is 1.50. The van der Waals surface area contributed by atoms with Crippen LogP contribution in [-0.4, -0.2) is 30.7 Å². The van der Waals surface area contributed by atoms with E-state index in [9.17, 15) is 9.59 Å². The van der Waals surface area contributed by atoms with Crippen LogP contribution in [0.2, 0.25) is 0 Å². The predicted octanol–water partition coefficient (Wildman–Crippen LogP) is 2.41. The largest absolute Gasteiger partial charge is 0.496 e. The molecule has 0 radical (unpaired) electrons. The number of carboxylic acids is 1. The van der Waals surface area contributed by atoms with Crippen molar-refractivity contribution in [2.45, 2.75) is 0 Å². The Morgan fingerprint density at radius 2 is 1.77 bits per heavy atom. The number of ether oxygens (including phenoxy) is 2. The Kier molecular flexibility index (Phi) is 4.98. The monoisotopic (exact) mass is 301 g/mol. The highest BCUT2D eigenvalue weighted by Crippen LogP contribution is 2.20. The number of hydrogen-bond donors (Lipinski definition) is 2. The number of benzene rings is 2. The van der Waals surface area contributed by atoms with Gasteiger partial charge < -0.3 is 19.9 Å². The first-order valence-corrected chi connectivity index (χ1v) is 6.49. The number of carboxylic acid groups (broad SMARTS) is 1. The number of hydrogen-bond acceptors (Lipinski definition) is 4. The van der Waals surface area contributed by atoms with Crippen molar-refractivity contribution in [1.82, 2.24) is 0 Å². The van der Waals surface area contributed by atoms with Crippen molar-refractivity contribution in [3.8, 4) is 11.5 Å². The Balaban J connectivity index is 2.04. The van der Waals surface area contributed by atoms with E-state index in [0.29, 0.717) is 22.7 Å². The molecule has 2 aromatic rings. The van der Waals surface area contributed by atoms with Crippen LogP contribution in [0.4, 0.5) is 5.69 Å². The normalized spacial score (nSPS) is 9.86. The number of nitrogens with one attached hydrogen (secondary N) is 1. The molecule has 0 saturated carbocycles. The lowest BCUT2D eigenvalue weighted by molar-refractivity contribution is -0.139. The number of anilines is 1. The minimum atomic E-state index is -1.05. The summed E-state index contributed by atoms with van der Waals surface area (Å²) in [5.74, 6) is -0.440. The molecule has 0 atom stereocenters. The zero-order valence-electron chi connectivity index (χ0n) is 11.9. The Hall–Kier alpha value is -3.02. The highest BCUT2D eigenvalue weighted by atomic mass is 16.5. The molecule has 0 aliphatic rings. The zero-order valence-corrected chi connectivity index (χ0v) is 11.9. The maximum Gasteiger partial charge on any atom is 0.341 e. The van der Waals surface area contributed by atoms with Gasteiger partial charge >= 0.3 is 5.97 Å². The average Bonchev–Trinajstić information content (AvgIpc) is 2.54. The number of rotatable bonds is 6. The summed E-state index contributed by atoms with van der Waals surface area (Å²) in [6, 6.07) is 13.3. The van der Waals surface area contributed by atoms with Crippen molar-refractivity contribution in [1.29, 1.82) is 0 Å². The molecule has 0 bridgehead atoms. The topological polar surface area (TPSA) is 84.9 Å². The van der Waals surface area contributed by atoms with E-state index in [1.165, 1.54) is 7.11 Å². The second kappa shape index (κ2) is 7.12. The predicted molar refractivity (Wildman–Crippen MR) is 80.5 cm³/mol. The van der Waals surface area contributed by atoms with Crippen molar-refractivity contribution in [3.63, 3.8) is 0 Å².